The van der Waals surface area contributed by atoms with Crippen molar-refractivity contribution in [2.75, 3.05) is 0 Å². The molecule has 2 heterocycles. The van der Waals surface area contributed by atoms with Crippen molar-refractivity contribution in [2.45, 2.75) is 44.6 Å². The topological polar surface area (TPSA) is 83.7 Å². The van der Waals surface area contributed by atoms with Gasteiger partial charge < -0.3 is 10.4 Å². The molecule has 1 aliphatic rings. The van der Waals surface area contributed by atoms with Crippen molar-refractivity contribution in [1.82, 2.24) is 14.9 Å². The Hall–Kier alpha value is -2.37. The van der Waals surface area contributed by atoms with Crippen LogP contribution in [0.25, 0.3) is 5.52 Å². The highest BCUT2D eigenvalue weighted by molar-refractivity contribution is 6.03. The Morgan fingerprint density at radius 2 is 2.13 bits per heavy atom. The van der Waals surface area contributed by atoms with Gasteiger partial charge in [-0.15, -0.1) is 0 Å². The monoisotopic (exact) mass is 315 g/mol. The average molecular weight is 315 g/mol. The van der Waals surface area contributed by atoms with E-state index in [1.165, 1.54) is 6.20 Å². The second kappa shape index (κ2) is 6.02. The Balaban J connectivity index is 1.83. The highest BCUT2D eigenvalue weighted by Gasteiger charge is 2.43. The van der Waals surface area contributed by atoms with E-state index in [0.29, 0.717) is 29.8 Å². The number of nitrogens with zero attached hydrogens (tertiary/aromatic N) is 2. The molecule has 2 N–H and O–H groups in total. The van der Waals surface area contributed by atoms with E-state index in [4.69, 9.17) is 0 Å². The quantitative estimate of drug-likeness (QED) is 0.908. The molecule has 2 aromatic rings. The Labute approximate surface area is 134 Å². The van der Waals surface area contributed by atoms with Gasteiger partial charge in [-0.05, 0) is 43.7 Å². The van der Waals surface area contributed by atoms with Crippen molar-refractivity contribution >= 4 is 17.4 Å². The zero-order valence-corrected chi connectivity index (χ0v) is 13.2. The maximum absolute atomic E-state index is 12.6. The van der Waals surface area contributed by atoms with E-state index >= 15 is 0 Å². The normalized spacial score (nSPS) is 24.5. The fourth-order valence-corrected chi connectivity index (χ4v) is 3.37. The Bertz CT molecular complexity index is 730. The minimum Gasteiger partial charge on any atom is -0.480 e. The third-order valence-corrected chi connectivity index (χ3v) is 4.97. The molecule has 0 unspecified atom stereocenters. The molecule has 1 fully saturated rings. The first kappa shape index (κ1) is 15.5. The molecule has 122 valence electrons. The lowest BCUT2D eigenvalue weighted by Gasteiger charge is -2.37. The van der Waals surface area contributed by atoms with Crippen LogP contribution >= 0.6 is 0 Å². The number of aliphatic carboxylic acids is 1. The lowest BCUT2D eigenvalue weighted by molar-refractivity contribution is -0.146. The molecule has 0 aromatic carbocycles. The smallest absolute Gasteiger partial charge is 0.329 e. The molecule has 0 saturated heterocycles. The Morgan fingerprint density at radius 1 is 1.39 bits per heavy atom. The highest BCUT2D eigenvalue weighted by atomic mass is 16.4. The summed E-state index contributed by atoms with van der Waals surface area (Å²) in [6, 6.07) is 5.45. The Kier molecular flexibility index (Phi) is 4.07. The number of hydrogen-bond acceptors (Lipinski definition) is 3. The molecule has 0 bridgehead atoms. The number of carboxylic acid groups (broad SMARTS) is 1. The van der Waals surface area contributed by atoms with Gasteiger partial charge in [0.25, 0.3) is 5.91 Å². The van der Waals surface area contributed by atoms with E-state index in [2.05, 4.69) is 17.3 Å². The maximum Gasteiger partial charge on any atom is 0.329 e. The van der Waals surface area contributed by atoms with Crippen LogP contribution in [0.1, 0.15) is 49.4 Å². The summed E-state index contributed by atoms with van der Waals surface area (Å²) in [6.45, 7) is 2.12. The predicted octanol–water partition coefficient (Wildman–Crippen LogP) is 2.49. The molecule has 6 heteroatoms. The van der Waals surface area contributed by atoms with Crippen molar-refractivity contribution in [2.24, 2.45) is 5.92 Å². The molecule has 0 spiro atoms. The second-order valence-electron chi connectivity index (χ2n) is 6.28. The zero-order valence-electron chi connectivity index (χ0n) is 13.2. The van der Waals surface area contributed by atoms with Gasteiger partial charge >= 0.3 is 5.97 Å². The first-order chi connectivity index (χ1) is 11.1. The fraction of sp³-hybridized carbons (Fsp3) is 0.471. The number of carbonyl (C=O) groups is 2. The van der Waals surface area contributed by atoms with Gasteiger partial charge in [0.15, 0.2) is 0 Å². The van der Waals surface area contributed by atoms with Gasteiger partial charge in [-0.1, -0.05) is 19.4 Å². The van der Waals surface area contributed by atoms with Crippen molar-refractivity contribution in [3.05, 3.63) is 36.2 Å². The van der Waals surface area contributed by atoms with Gasteiger partial charge in [0.2, 0.25) is 0 Å². The summed E-state index contributed by atoms with van der Waals surface area (Å²) in [7, 11) is 0. The molecule has 1 aliphatic carbocycles. The van der Waals surface area contributed by atoms with E-state index < -0.39 is 11.5 Å². The fourth-order valence-electron chi connectivity index (χ4n) is 3.37. The number of carboxylic acids is 1. The zero-order chi connectivity index (χ0) is 16.4. The van der Waals surface area contributed by atoms with Gasteiger partial charge in [0, 0.05) is 6.20 Å². The Morgan fingerprint density at radius 3 is 2.78 bits per heavy atom. The van der Waals surface area contributed by atoms with Gasteiger partial charge in [-0.3, -0.25) is 4.79 Å². The summed E-state index contributed by atoms with van der Waals surface area (Å²) < 4.78 is 1.61. The van der Waals surface area contributed by atoms with Crippen molar-refractivity contribution in [3.63, 3.8) is 0 Å². The van der Waals surface area contributed by atoms with Crippen LogP contribution in [0, 0.1) is 5.92 Å². The van der Waals surface area contributed by atoms with Crippen molar-refractivity contribution in [1.29, 1.82) is 0 Å². The molecule has 0 atom stereocenters. The molecule has 0 aliphatic heterocycles. The predicted molar refractivity (Wildman–Crippen MR) is 85.3 cm³/mol. The van der Waals surface area contributed by atoms with E-state index in [9.17, 15) is 14.7 Å². The van der Waals surface area contributed by atoms with Crippen LogP contribution in [0.2, 0.25) is 0 Å². The van der Waals surface area contributed by atoms with Gasteiger partial charge in [-0.25, -0.2) is 9.31 Å². The number of fused-ring (bicyclic) bond motifs is 1. The third-order valence-electron chi connectivity index (χ3n) is 4.97. The summed E-state index contributed by atoms with van der Waals surface area (Å²) in [4.78, 5) is 24.4. The van der Waals surface area contributed by atoms with Crippen LogP contribution in [0.4, 0.5) is 0 Å². The largest absolute Gasteiger partial charge is 0.480 e. The third kappa shape index (κ3) is 2.81. The lowest BCUT2D eigenvalue weighted by Crippen LogP contribution is -2.56. The van der Waals surface area contributed by atoms with Crippen LogP contribution < -0.4 is 5.32 Å². The van der Waals surface area contributed by atoms with Crippen molar-refractivity contribution < 1.29 is 14.7 Å². The molecule has 1 amide bonds. The molecule has 3 rings (SSSR count). The standard InChI is InChI=1S/C17H21N3O3/c1-2-12-6-8-17(9-7-12,16(22)23)19-15(21)13-11-18-20-10-4-3-5-14(13)20/h3-5,10-12H,2,6-9H2,1H3,(H,19,21)(H,22,23). The number of pyridine rings is 1. The lowest BCUT2D eigenvalue weighted by atomic mass is 9.75. The molecule has 1 saturated carbocycles. The van der Waals surface area contributed by atoms with E-state index in [-0.39, 0.29) is 5.91 Å². The number of carbonyl (C=O) groups excluding carboxylic acids is 1. The summed E-state index contributed by atoms with van der Waals surface area (Å²) >= 11 is 0. The van der Waals surface area contributed by atoms with Gasteiger partial charge in [0.05, 0.1) is 17.3 Å². The SMILES string of the molecule is CCC1CCC(NC(=O)c2cnn3ccccc23)(C(=O)O)CC1. The van der Waals surface area contributed by atoms with Crippen LogP contribution in [-0.4, -0.2) is 32.1 Å². The number of rotatable bonds is 4. The molecule has 23 heavy (non-hydrogen) atoms. The van der Waals surface area contributed by atoms with Gasteiger partial charge in [-0.2, -0.15) is 5.10 Å². The minimum absolute atomic E-state index is 0.372. The second-order valence-corrected chi connectivity index (χ2v) is 6.28. The average Bonchev–Trinajstić information content (AvgIpc) is 2.99. The van der Waals surface area contributed by atoms with Gasteiger partial charge in [0.1, 0.15) is 5.54 Å². The van der Waals surface area contributed by atoms with Crippen molar-refractivity contribution in [3.8, 4) is 0 Å². The summed E-state index contributed by atoms with van der Waals surface area (Å²) in [5, 5.41) is 16.6. The highest BCUT2D eigenvalue weighted by Crippen LogP contribution is 2.34. The minimum atomic E-state index is -1.16. The first-order valence-electron chi connectivity index (χ1n) is 8.04. The molecule has 6 nitrogen and oxygen atoms in total. The maximum atomic E-state index is 12.6. The molecule has 2 aromatic heterocycles. The van der Waals surface area contributed by atoms with E-state index in [1.807, 2.05) is 12.1 Å². The number of amides is 1. The van der Waals surface area contributed by atoms with E-state index in [0.717, 1.165) is 19.3 Å². The van der Waals surface area contributed by atoms with Crippen LogP contribution in [0.15, 0.2) is 30.6 Å². The summed E-state index contributed by atoms with van der Waals surface area (Å²) in [5.41, 5.74) is -0.0807. The van der Waals surface area contributed by atoms with E-state index in [1.54, 1.807) is 16.8 Å². The number of aromatic nitrogens is 2. The number of nitrogens with one attached hydrogen (secondary N) is 1. The van der Waals surface area contributed by atoms with Crippen LogP contribution in [-0.2, 0) is 4.79 Å². The molecular weight excluding hydrogens is 294 g/mol. The summed E-state index contributed by atoms with van der Waals surface area (Å²) in [5.74, 6) is -0.767. The molecular formula is C17H21N3O3. The molecule has 0 radical (unpaired) electrons. The van der Waals surface area contributed by atoms with Crippen LogP contribution in [0.5, 0.6) is 0 Å². The summed E-state index contributed by atoms with van der Waals surface area (Å²) in [6.07, 6.45) is 6.91. The number of hydrogen-bond donors (Lipinski definition) is 2. The first-order valence-corrected chi connectivity index (χ1v) is 8.04. The van der Waals surface area contributed by atoms with Crippen LogP contribution in [0.3, 0.4) is 0 Å².